The Morgan fingerprint density at radius 2 is 1.47 bits per heavy atom. The van der Waals surface area contributed by atoms with E-state index in [2.05, 4.69) is 67.3 Å². The lowest BCUT2D eigenvalue weighted by molar-refractivity contribution is 0.698. The highest BCUT2D eigenvalue weighted by molar-refractivity contribution is 5.63. The van der Waals surface area contributed by atoms with Gasteiger partial charge in [-0.25, -0.2) is 0 Å². The Hall–Kier alpha value is -1.80. The van der Waals surface area contributed by atoms with Gasteiger partial charge in [-0.05, 0) is 43.2 Å². The highest BCUT2D eigenvalue weighted by Gasteiger charge is 2.08. The number of benzene rings is 2. The van der Waals surface area contributed by atoms with Crippen molar-refractivity contribution in [3.8, 4) is 0 Å². The predicted molar refractivity (Wildman–Crippen MR) is 82.8 cm³/mol. The maximum absolute atomic E-state index is 6.05. The van der Waals surface area contributed by atoms with Crippen molar-refractivity contribution in [2.45, 2.75) is 26.3 Å². The van der Waals surface area contributed by atoms with E-state index in [9.17, 15) is 0 Å². The Labute approximate surface area is 115 Å². The fourth-order valence-electron chi connectivity index (χ4n) is 2.26. The first kappa shape index (κ1) is 13.6. The van der Waals surface area contributed by atoms with E-state index in [1.165, 1.54) is 16.9 Å². The van der Waals surface area contributed by atoms with Crippen molar-refractivity contribution in [1.82, 2.24) is 0 Å². The van der Waals surface area contributed by atoms with Crippen LogP contribution in [0.2, 0.25) is 0 Å². The highest BCUT2D eigenvalue weighted by atomic mass is 15.1. The van der Waals surface area contributed by atoms with Crippen LogP contribution in [0.15, 0.2) is 54.6 Å². The second kappa shape index (κ2) is 6.39. The van der Waals surface area contributed by atoms with Crippen molar-refractivity contribution in [2.24, 2.45) is 5.73 Å². The van der Waals surface area contributed by atoms with Crippen LogP contribution in [0.5, 0.6) is 0 Å². The molecule has 0 radical (unpaired) electrons. The van der Waals surface area contributed by atoms with Gasteiger partial charge in [0.05, 0.1) is 0 Å². The molecule has 2 aromatic rings. The summed E-state index contributed by atoms with van der Waals surface area (Å²) in [6.07, 6.45) is 0.968. The van der Waals surface area contributed by atoms with E-state index in [1.54, 1.807) is 0 Å². The van der Waals surface area contributed by atoms with E-state index < -0.39 is 0 Å². The summed E-state index contributed by atoms with van der Waals surface area (Å²) in [5.74, 6) is 0. The van der Waals surface area contributed by atoms with Crippen molar-refractivity contribution >= 4 is 11.4 Å². The molecule has 0 amide bonds. The molecule has 1 atom stereocenters. The lowest BCUT2D eigenvalue weighted by Gasteiger charge is -2.24. The summed E-state index contributed by atoms with van der Waals surface area (Å²) in [6, 6.07) is 19.2. The van der Waals surface area contributed by atoms with Crippen molar-refractivity contribution in [2.75, 3.05) is 11.4 Å². The van der Waals surface area contributed by atoms with Crippen LogP contribution in [0.1, 0.15) is 31.9 Å². The van der Waals surface area contributed by atoms with Gasteiger partial charge in [-0.1, -0.05) is 37.3 Å². The zero-order chi connectivity index (χ0) is 13.7. The van der Waals surface area contributed by atoms with E-state index in [-0.39, 0.29) is 6.04 Å². The van der Waals surface area contributed by atoms with Gasteiger partial charge in [0.25, 0.3) is 0 Å². The number of anilines is 2. The van der Waals surface area contributed by atoms with Gasteiger partial charge >= 0.3 is 0 Å². The van der Waals surface area contributed by atoms with Crippen molar-refractivity contribution < 1.29 is 0 Å². The molecule has 0 heterocycles. The molecule has 2 rings (SSSR count). The SMILES string of the molecule is CCC(N)c1ccc(N(CC)c2ccccc2)cc1. The van der Waals surface area contributed by atoms with Crippen LogP contribution in [0.3, 0.4) is 0 Å². The molecule has 0 saturated heterocycles. The summed E-state index contributed by atoms with van der Waals surface area (Å²) in [4.78, 5) is 2.29. The average molecular weight is 254 g/mol. The zero-order valence-corrected chi connectivity index (χ0v) is 11.7. The molecule has 0 bridgehead atoms. The second-order valence-electron chi connectivity index (χ2n) is 4.69. The lowest BCUT2D eigenvalue weighted by atomic mass is 10.0. The smallest absolute Gasteiger partial charge is 0.0410 e. The molecular weight excluding hydrogens is 232 g/mol. The molecule has 0 fully saturated rings. The average Bonchev–Trinajstić information content (AvgIpc) is 2.49. The highest BCUT2D eigenvalue weighted by Crippen LogP contribution is 2.26. The van der Waals surface area contributed by atoms with Gasteiger partial charge in [0.1, 0.15) is 0 Å². The third-order valence-electron chi connectivity index (χ3n) is 3.46. The first-order valence-corrected chi connectivity index (χ1v) is 6.94. The molecule has 0 aliphatic carbocycles. The molecule has 1 unspecified atom stereocenters. The van der Waals surface area contributed by atoms with E-state index in [4.69, 9.17) is 5.73 Å². The van der Waals surface area contributed by atoms with Gasteiger partial charge in [0, 0.05) is 24.0 Å². The third kappa shape index (κ3) is 3.15. The topological polar surface area (TPSA) is 29.3 Å². The van der Waals surface area contributed by atoms with E-state index >= 15 is 0 Å². The number of hydrogen-bond donors (Lipinski definition) is 1. The molecule has 100 valence electrons. The first-order chi connectivity index (χ1) is 9.26. The lowest BCUT2D eigenvalue weighted by Crippen LogP contribution is -2.16. The van der Waals surface area contributed by atoms with Crippen LogP contribution < -0.4 is 10.6 Å². The van der Waals surface area contributed by atoms with Crippen LogP contribution in [0.4, 0.5) is 11.4 Å². The third-order valence-corrected chi connectivity index (χ3v) is 3.46. The summed E-state index contributed by atoms with van der Waals surface area (Å²) < 4.78 is 0. The molecule has 0 aliphatic heterocycles. The summed E-state index contributed by atoms with van der Waals surface area (Å²) in [5, 5.41) is 0. The Kier molecular flexibility index (Phi) is 4.58. The number of hydrogen-bond acceptors (Lipinski definition) is 2. The van der Waals surface area contributed by atoms with Crippen molar-refractivity contribution in [3.05, 3.63) is 60.2 Å². The van der Waals surface area contributed by atoms with Gasteiger partial charge in [-0.15, -0.1) is 0 Å². The standard InChI is InChI=1S/C17H22N2/c1-3-17(18)14-10-12-16(13-11-14)19(4-2)15-8-6-5-7-9-15/h5-13,17H,3-4,18H2,1-2H3. The molecule has 0 aromatic heterocycles. The number of nitrogens with zero attached hydrogens (tertiary/aromatic N) is 1. The number of para-hydroxylation sites is 1. The molecular formula is C17H22N2. The minimum Gasteiger partial charge on any atom is -0.342 e. The summed E-state index contributed by atoms with van der Waals surface area (Å²) in [7, 11) is 0. The van der Waals surface area contributed by atoms with Gasteiger partial charge in [0.15, 0.2) is 0 Å². The molecule has 0 aliphatic rings. The molecule has 2 nitrogen and oxygen atoms in total. The van der Waals surface area contributed by atoms with Crippen LogP contribution in [0.25, 0.3) is 0 Å². The van der Waals surface area contributed by atoms with Crippen LogP contribution in [-0.4, -0.2) is 6.54 Å². The number of rotatable bonds is 5. The predicted octanol–water partition coefficient (Wildman–Crippen LogP) is 4.25. The van der Waals surface area contributed by atoms with Crippen LogP contribution in [0, 0.1) is 0 Å². The van der Waals surface area contributed by atoms with E-state index in [1.807, 2.05) is 6.07 Å². The second-order valence-corrected chi connectivity index (χ2v) is 4.69. The Bertz CT molecular complexity index is 490. The molecule has 0 spiro atoms. The minimum absolute atomic E-state index is 0.140. The Morgan fingerprint density at radius 1 is 0.895 bits per heavy atom. The largest absolute Gasteiger partial charge is 0.342 e. The van der Waals surface area contributed by atoms with Gasteiger partial charge < -0.3 is 10.6 Å². The molecule has 19 heavy (non-hydrogen) atoms. The minimum atomic E-state index is 0.140. The molecule has 2 N–H and O–H groups in total. The Morgan fingerprint density at radius 3 is 2.00 bits per heavy atom. The maximum Gasteiger partial charge on any atom is 0.0410 e. The van der Waals surface area contributed by atoms with Gasteiger partial charge in [0.2, 0.25) is 0 Å². The van der Waals surface area contributed by atoms with Crippen molar-refractivity contribution in [1.29, 1.82) is 0 Å². The van der Waals surface area contributed by atoms with Gasteiger partial charge in [-0.2, -0.15) is 0 Å². The number of nitrogens with two attached hydrogens (primary N) is 1. The maximum atomic E-state index is 6.05. The normalized spacial score (nSPS) is 12.2. The summed E-state index contributed by atoms with van der Waals surface area (Å²) in [6.45, 7) is 5.22. The van der Waals surface area contributed by atoms with E-state index in [0.717, 1.165) is 13.0 Å². The summed E-state index contributed by atoms with van der Waals surface area (Å²) in [5.41, 5.74) is 9.68. The quantitative estimate of drug-likeness (QED) is 0.864. The van der Waals surface area contributed by atoms with Crippen LogP contribution in [-0.2, 0) is 0 Å². The van der Waals surface area contributed by atoms with Crippen LogP contribution >= 0.6 is 0 Å². The van der Waals surface area contributed by atoms with Crippen molar-refractivity contribution in [3.63, 3.8) is 0 Å². The monoisotopic (exact) mass is 254 g/mol. The first-order valence-electron chi connectivity index (χ1n) is 6.94. The zero-order valence-electron chi connectivity index (χ0n) is 11.7. The Balaban J connectivity index is 2.25. The fraction of sp³-hybridized carbons (Fsp3) is 0.294. The summed E-state index contributed by atoms with van der Waals surface area (Å²) >= 11 is 0. The molecule has 0 saturated carbocycles. The molecule has 2 heteroatoms. The van der Waals surface area contributed by atoms with Gasteiger partial charge in [-0.3, -0.25) is 0 Å². The van der Waals surface area contributed by atoms with E-state index in [0.29, 0.717) is 0 Å². The molecule has 2 aromatic carbocycles. The fourth-order valence-corrected chi connectivity index (χ4v) is 2.26.